The summed E-state index contributed by atoms with van der Waals surface area (Å²) in [7, 11) is 0. The topological polar surface area (TPSA) is 52.6 Å². The third-order valence-electron chi connectivity index (χ3n) is 2.58. The van der Waals surface area contributed by atoms with Crippen molar-refractivity contribution < 1.29 is 9.90 Å². The first-order valence-electron chi connectivity index (χ1n) is 5.67. The first kappa shape index (κ1) is 12.5. The Labute approximate surface area is 91.6 Å². The molecule has 1 saturated heterocycles. The summed E-state index contributed by atoms with van der Waals surface area (Å²) in [6.45, 7) is 9.43. The van der Waals surface area contributed by atoms with E-state index in [1.807, 2.05) is 0 Å². The van der Waals surface area contributed by atoms with Gasteiger partial charge in [0.1, 0.15) is 0 Å². The molecule has 88 valence electrons. The number of aliphatic carboxylic acids is 1. The number of rotatable bonds is 4. The molecule has 0 spiro atoms. The fraction of sp³-hybridized carbons (Fsp3) is 0.909. The number of nitrogens with zero attached hydrogens (tertiary/aromatic N) is 1. The van der Waals surface area contributed by atoms with Crippen molar-refractivity contribution >= 4 is 5.97 Å². The SMILES string of the molecule is CC(C)CN1CC(C)NC(CC(=O)O)C1. The van der Waals surface area contributed by atoms with E-state index in [-0.39, 0.29) is 12.5 Å². The summed E-state index contributed by atoms with van der Waals surface area (Å²) in [6.07, 6.45) is 0.221. The number of piperazine rings is 1. The minimum Gasteiger partial charge on any atom is -0.481 e. The molecule has 0 amide bonds. The maximum Gasteiger partial charge on any atom is 0.304 e. The highest BCUT2D eigenvalue weighted by molar-refractivity contribution is 5.67. The van der Waals surface area contributed by atoms with Crippen LogP contribution in [0.3, 0.4) is 0 Å². The highest BCUT2D eigenvalue weighted by Gasteiger charge is 2.25. The van der Waals surface area contributed by atoms with Gasteiger partial charge in [0.2, 0.25) is 0 Å². The summed E-state index contributed by atoms with van der Waals surface area (Å²) in [5, 5.41) is 12.1. The number of hydrogen-bond acceptors (Lipinski definition) is 3. The number of nitrogens with one attached hydrogen (secondary N) is 1. The Morgan fingerprint density at radius 1 is 1.53 bits per heavy atom. The molecule has 1 aliphatic heterocycles. The molecule has 1 aliphatic rings. The van der Waals surface area contributed by atoms with Crippen LogP contribution in [0.4, 0.5) is 0 Å². The summed E-state index contributed by atoms with van der Waals surface area (Å²) in [5.41, 5.74) is 0. The molecule has 1 heterocycles. The molecule has 0 saturated carbocycles. The van der Waals surface area contributed by atoms with E-state index >= 15 is 0 Å². The Morgan fingerprint density at radius 3 is 2.73 bits per heavy atom. The van der Waals surface area contributed by atoms with Crippen LogP contribution in [0.15, 0.2) is 0 Å². The highest BCUT2D eigenvalue weighted by Crippen LogP contribution is 2.09. The summed E-state index contributed by atoms with van der Waals surface area (Å²) < 4.78 is 0. The second-order valence-electron chi connectivity index (χ2n) is 4.97. The predicted molar refractivity (Wildman–Crippen MR) is 59.9 cm³/mol. The molecule has 0 aliphatic carbocycles. The van der Waals surface area contributed by atoms with Gasteiger partial charge in [-0.15, -0.1) is 0 Å². The molecule has 2 N–H and O–H groups in total. The molecule has 1 rings (SSSR count). The Hall–Kier alpha value is -0.610. The van der Waals surface area contributed by atoms with Gasteiger partial charge in [0.05, 0.1) is 6.42 Å². The van der Waals surface area contributed by atoms with Gasteiger partial charge < -0.3 is 10.4 Å². The van der Waals surface area contributed by atoms with Crippen LogP contribution in [-0.4, -0.2) is 47.7 Å². The standard InChI is InChI=1S/C11H22N2O2/c1-8(2)5-13-6-9(3)12-10(7-13)4-11(14)15/h8-10,12H,4-7H2,1-3H3,(H,14,15). The fourth-order valence-electron chi connectivity index (χ4n) is 2.28. The third kappa shape index (κ3) is 4.62. The molecule has 4 heteroatoms. The van der Waals surface area contributed by atoms with Crippen LogP contribution in [0, 0.1) is 5.92 Å². The lowest BCUT2D eigenvalue weighted by Crippen LogP contribution is -2.56. The van der Waals surface area contributed by atoms with Crippen molar-refractivity contribution in [3.05, 3.63) is 0 Å². The van der Waals surface area contributed by atoms with E-state index in [0.717, 1.165) is 19.6 Å². The number of hydrogen-bond donors (Lipinski definition) is 2. The van der Waals surface area contributed by atoms with Gasteiger partial charge in [-0.25, -0.2) is 0 Å². The predicted octanol–water partition coefficient (Wildman–Crippen LogP) is 0.779. The van der Waals surface area contributed by atoms with Crippen LogP contribution in [0.5, 0.6) is 0 Å². The first-order chi connectivity index (χ1) is 6.97. The molecule has 2 unspecified atom stereocenters. The summed E-state index contributed by atoms with van der Waals surface area (Å²) in [6, 6.07) is 0.492. The minimum atomic E-state index is -0.717. The number of carboxylic acid groups (broad SMARTS) is 1. The lowest BCUT2D eigenvalue weighted by molar-refractivity contribution is -0.137. The van der Waals surface area contributed by atoms with E-state index in [9.17, 15) is 4.79 Å². The van der Waals surface area contributed by atoms with Gasteiger partial charge >= 0.3 is 5.97 Å². The summed E-state index contributed by atoms with van der Waals surface area (Å²) >= 11 is 0. The molecule has 0 aromatic rings. The zero-order valence-corrected chi connectivity index (χ0v) is 9.86. The zero-order chi connectivity index (χ0) is 11.4. The number of carbonyl (C=O) groups is 1. The van der Waals surface area contributed by atoms with Crippen molar-refractivity contribution in [3.63, 3.8) is 0 Å². The van der Waals surface area contributed by atoms with Gasteiger partial charge in [-0.3, -0.25) is 9.69 Å². The fourth-order valence-corrected chi connectivity index (χ4v) is 2.28. The summed E-state index contributed by atoms with van der Waals surface area (Å²) in [5.74, 6) is -0.0770. The molecule has 1 fully saturated rings. The monoisotopic (exact) mass is 214 g/mol. The van der Waals surface area contributed by atoms with Crippen molar-refractivity contribution in [1.82, 2.24) is 10.2 Å². The van der Waals surface area contributed by atoms with Gasteiger partial charge in [0, 0.05) is 31.7 Å². The zero-order valence-electron chi connectivity index (χ0n) is 9.86. The van der Waals surface area contributed by atoms with Gasteiger partial charge in [0.15, 0.2) is 0 Å². The van der Waals surface area contributed by atoms with E-state index < -0.39 is 5.97 Å². The van der Waals surface area contributed by atoms with Gasteiger partial charge in [-0.2, -0.15) is 0 Å². The average molecular weight is 214 g/mol. The summed E-state index contributed by atoms with van der Waals surface area (Å²) in [4.78, 5) is 13.0. The minimum absolute atomic E-state index is 0.102. The highest BCUT2D eigenvalue weighted by atomic mass is 16.4. The largest absolute Gasteiger partial charge is 0.481 e. The Balaban J connectivity index is 2.44. The smallest absolute Gasteiger partial charge is 0.304 e. The number of carboxylic acids is 1. The van der Waals surface area contributed by atoms with Crippen molar-refractivity contribution in [2.24, 2.45) is 5.92 Å². The quantitative estimate of drug-likeness (QED) is 0.726. The van der Waals surface area contributed by atoms with E-state index in [1.54, 1.807) is 0 Å². The van der Waals surface area contributed by atoms with Crippen LogP contribution in [0.25, 0.3) is 0 Å². The molecule has 0 radical (unpaired) electrons. The first-order valence-corrected chi connectivity index (χ1v) is 5.67. The van der Waals surface area contributed by atoms with Crippen LogP contribution in [0.1, 0.15) is 27.2 Å². The van der Waals surface area contributed by atoms with Gasteiger partial charge in [-0.05, 0) is 12.8 Å². The lowest BCUT2D eigenvalue weighted by Gasteiger charge is -2.37. The average Bonchev–Trinajstić information content (AvgIpc) is 1.98. The van der Waals surface area contributed by atoms with Crippen molar-refractivity contribution in [2.75, 3.05) is 19.6 Å². The van der Waals surface area contributed by atoms with Gasteiger partial charge in [-0.1, -0.05) is 13.8 Å². The van der Waals surface area contributed by atoms with Crippen molar-refractivity contribution in [2.45, 2.75) is 39.3 Å². The molecule has 15 heavy (non-hydrogen) atoms. The Bertz CT molecular complexity index is 217. The second-order valence-corrected chi connectivity index (χ2v) is 4.97. The maximum absolute atomic E-state index is 10.6. The normalized spacial score (nSPS) is 28.3. The second kappa shape index (κ2) is 5.47. The lowest BCUT2D eigenvalue weighted by atomic mass is 10.1. The van der Waals surface area contributed by atoms with E-state index in [4.69, 9.17) is 5.11 Å². The van der Waals surface area contributed by atoms with E-state index in [0.29, 0.717) is 12.0 Å². The van der Waals surface area contributed by atoms with Gasteiger partial charge in [0.25, 0.3) is 0 Å². The van der Waals surface area contributed by atoms with Crippen LogP contribution >= 0.6 is 0 Å². The van der Waals surface area contributed by atoms with Crippen molar-refractivity contribution in [1.29, 1.82) is 0 Å². The molecule has 0 bridgehead atoms. The maximum atomic E-state index is 10.6. The Morgan fingerprint density at radius 2 is 2.20 bits per heavy atom. The van der Waals surface area contributed by atoms with E-state index in [2.05, 4.69) is 31.0 Å². The Kier molecular flexibility index (Phi) is 4.54. The molecule has 4 nitrogen and oxygen atoms in total. The molecule has 0 aromatic heterocycles. The third-order valence-corrected chi connectivity index (χ3v) is 2.58. The molecule has 0 aromatic carbocycles. The van der Waals surface area contributed by atoms with Crippen LogP contribution in [0.2, 0.25) is 0 Å². The van der Waals surface area contributed by atoms with E-state index in [1.165, 1.54) is 0 Å². The molecular weight excluding hydrogens is 192 g/mol. The molecule has 2 atom stereocenters. The molecular formula is C11H22N2O2. The van der Waals surface area contributed by atoms with Crippen molar-refractivity contribution in [3.8, 4) is 0 Å². The van der Waals surface area contributed by atoms with Crippen LogP contribution < -0.4 is 5.32 Å². The van der Waals surface area contributed by atoms with Crippen LogP contribution in [-0.2, 0) is 4.79 Å².